The fourth-order valence-corrected chi connectivity index (χ4v) is 3.94. The van der Waals surface area contributed by atoms with Crippen molar-refractivity contribution in [3.05, 3.63) is 47.8 Å². The highest BCUT2D eigenvalue weighted by molar-refractivity contribution is 7.88. The Labute approximate surface area is 149 Å². The molecule has 134 valence electrons. The quantitative estimate of drug-likeness (QED) is 0.833. The van der Waals surface area contributed by atoms with Gasteiger partial charge < -0.3 is 0 Å². The summed E-state index contributed by atoms with van der Waals surface area (Å²) < 4.78 is 24.9. The van der Waals surface area contributed by atoms with Crippen molar-refractivity contribution in [1.82, 2.24) is 19.2 Å². The Hall–Kier alpha value is -1.83. The Morgan fingerprint density at radius 2 is 1.84 bits per heavy atom. The monoisotopic (exact) mass is 360 g/mol. The van der Waals surface area contributed by atoms with Gasteiger partial charge in [-0.2, -0.15) is 0 Å². The van der Waals surface area contributed by atoms with E-state index in [0.29, 0.717) is 13.1 Å². The number of nitrogens with zero attached hydrogens (tertiary/aromatic N) is 4. The molecule has 0 aliphatic carbocycles. The number of aromatic nitrogens is 2. The Morgan fingerprint density at radius 1 is 1.08 bits per heavy atom. The molecule has 1 fully saturated rings. The summed E-state index contributed by atoms with van der Waals surface area (Å²) in [5.41, 5.74) is 3.25. The first-order valence-corrected chi connectivity index (χ1v) is 10.3. The lowest BCUT2D eigenvalue weighted by Crippen LogP contribution is -2.34. The van der Waals surface area contributed by atoms with Crippen LogP contribution >= 0.6 is 0 Å². The second-order valence-corrected chi connectivity index (χ2v) is 8.56. The zero-order chi connectivity index (χ0) is 17.9. The Bertz CT molecular complexity index is 821. The third kappa shape index (κ3) is 4.84. The van der Waals surface area contributed by atoms with Crippen LogP contribution in [-0.2, 0) is 16.6 Å². The summed E-state index contributed by atoms with van der Waals surface area (Å²) in [5, 5.41) is 0. The summed E-state index contributed by atoms with van der Waals surface area (Å²) in [5.74, 6) is 0.728. The first-order valence-electron chi connectivity index (χ1n) is 8.47. The van der Waals surface area contributed by atoms with Crippen molar-refractivity contribution in [2.24, 2.45) is 0 Å². The van der Waals surface area contributed by atoms with Gasteiger partial charge in [0.2, 0.25) is 10.0 Å². The predicted octanol–water partition coefficient (Wildman–Crippen LogP) is 1.92. The van der Waals surface area contributed by atoms with Crippen LogP contribution in [0.4, 0.5) is 0 Å². The number of aryl methyl sites for hydroxylation is 1. The molecule has 0 amide bonds. The Morgan fingerprint density at radius 3 is 2.52 bits per heavy atom. The van der Waals surface area contributed by atoms with Gasteiger partial charge in [-0.3, -0.25) is 4.90 Å². The van der Waals surface area contributed by atoms with E-state index < -0.39 is 10.0 Å². The standard InChI is InChI=1S/C18H24N4O2S/c1-15-5-3-6-17(11-15)18-19-12-16(13-20-18)14-21-7-4-8-22(10-9-21)25(2,23)24/h3,5-6,11-13H,4,7-10,14H2,1-2H3. The third-order valence-corrected chi connectivity index (χ3v) is 5.71. The van der Waals surface area contributed by atoms with Gasteiger partial charge in [0.05, 0.1) is 6.26 Å². The summed E-state index contributed by atoms with van der Waals surface area (Å²) in [6.45, 7) is 5.54. The molecule has 2 aromatic rings. The van der Waals surface area contributed by atoms with E-state index in [0.717, 1.165) is 43.0 Å². The maximum absolute atomic E-state index is 11.7. The summed E-state index contributed by atoms with van der Waals surface area (Å²) in [6.07, 6.45) is 5.85. The average Bonchev–Trinajstić information content (AvgIpc) is 2.81. The van der Waals surface area contributed by atoms with Crippen LogP contribution in [0.5, 0.6) is 0 Å². The van der Waals surface area contributed by atoms with Crippen molar-refractivity contribution in [3.63, 3.8) is 0 Å². The smallest absolute Gasteiger partial charge is 0.211 e. The highest BCUT2D eigenvalue weighted by atomic mass is 32.2. The van der Waals surface area contributed by atoms with E-state index in [1.165, 1.54) is 11.8 Å². The zero-order valence-electron chi connectivity index (χ0n) is 14.7. The van der Waals surface area contributed by atoms with E-state index in [1.54, 1.807) is 4.31 Å². The molecule has 2 heterocycles. The molecule has 25 heavy (non-hydrogen) atoms. The third-order valence-electron chi connectivity index (χ3n) is 4.40. The number of hydrogen-bond donors (Lipinski definition) is 0. The van der Waals surface area contributed by atoms with Gasteiger partial charge in [0.25, 0.3) is 0 Å². The largest absolute Gasteiger partial charge is 0.298 e. The van der Waals surface area contributed by atoms with Crippen LogP contribution in [-0.4, -0.2) is 60.0 Å². The number of benzene rings is 1. The van der Waals surface area contributed by atoms with E-state index in [2.05, 4.69) is 33.9 Å². The van der Waals surface area contributed by atoms with Crippen molar-refractivity contribution in [2.75, 3.05) is 32.4 Å². The van der Waals surface area contributed by atoms with Crippen molar-refractivity contribution in [1.29, 1.82) is 0 Å². The van der Waals surface area contributed by atoms with Crippen molar-refractivity contribution in [3.8, 4) is 11.4 Å². The lowest BCUT2D eigenvalue weighted by molar-refractivity contribution is 0.278. The Kier molecular flexibility index (Phi) is 5.46. The van der Waals surface area contributed by atoms with Gasteiger partial charge in [0.1, 0.15) is 0 Å². The molecule has 0 N–H and O–H groups in total. The molecule has 0 bridgehead atoms. The molecule has 6 nitrogen and oxygen atoms in total. The summed E-state index contributed by atoms with van der Waals surface area (Å²) in [6, 6.07) is 8.14. The second kappa shape index (κ2) is 7.59. The average molecular weight is 360 g/mol. The normalized spacial score (nSPS) is 17.4. The summed E-state index contributed by atoms with van der Waals surface area (Å²) >= 11 is 0. The lowest BCUT2D eigenvalue weighted by Gasteiger charge is -2.20. The topological polar surface area (TPSA) is 66.4 Å². The molecular weight excluding hydrogens is 336 g/mol. The SMILES string of the molecule is Cc1cccc(-c2ncc(CN3CCCN(S(C)(=O)=O)CC3)cn2)c1. The predicted molar refractivity (Wildman–Crippen MR) is 98.5 cm³/mol. The van der Waals surface area contributed by atoms with Gasteiger partial charge in [0, 0.05) is 49.7 Å². The molecule has 1 aliphatic heterocycles. The highest BCUT2D eigenvalue weighted by Gasteiger charge is 2.21. The molecule has 1 aromatic carbocycles. The van der Waals surface area contributed by atoms with E-state index in [4.69, 9.17) is 0 Å². The van der Waals surface area contributed by atoms with Gasteiger partial charge in [-0.1, -0.05) is 23.8 Å². The molecule has 0 atom stereocenters. The Balaban J connectivity index is 1.64. The van der Waals surface area contributed by atoms with Crippen molar-refractivity contribution < 1.29 is 8.42 Å². The van der Waals surface area contributed by atoms with E-state index in [1.807, 2.05) is 24.5 Å². The summed E-state index contributed by atoms with van der Waals surface area (Å²) in [4.78, 5) is 11.2. The van der Waals surface area contributed by atoms with Crippen molar-refractivity contribution in [2.45, 2.75) is 19.9 Å². The molecule has 1 aromatic heterocycles. The van der Waals surface area contributed by atoms with Crippen LogP contribution < -0.4 is 0 Å². The zero-order valence-corrected chi connectivity index (χ0v) is 15.5. The molecule has 0 saturated carbocycles. The van der Waals surface area contributed by atoms with E-state index in [-0.39, 0.29) is 0 Å². The molecule has 0 radical (unpaired) electrons. The second-order valence-electron chi connectivity index (χ2n) is 6.58. The van der Waals surface area contributed by atoms with Crippen LogP contribution in [0.1, 0.15) is 17.5 Å². The van der Waals surface area contributed by atoms with Crippen LogP contribution in [0, 0.1) is 6.92 Å². The maximum Gasteiger partial charge on any atom is 0.211 e. The fraction of sp³-hybridized carbons (Fsp3) is 0.444. The molecule has 3 rings (SSSR count). The molecule has 0 unspecified atom stereocenters. The van der Waals surface area contributed by atoms with E-state index >= 15 is 0 Å². The molecule has 1 aliphatic rings. The molecular formula is C18H24N4O2S. The maximum atomic E-state index is 11.7. The van der Waals surface area contributed by atoms with Gasteiger partial charge >= 0.3 is 0 Å². The van der Waals surface area contributed by atoms with E-state index in [9.17, 15) is 8.42 Å². The van der Waals surface area contributed by atoms with Crippen LogP contribution in [0.25, 0.3) is 11.4 Å². The minimum absolute atomic E-state index is 0.543. The van der Waals surface area contributed by atoms with Crippen LogP contribution in [0.15, 0.2) is 36.7 Å². The first kappa shape index (κ1) is 18.0. The minimum Gasteiger partial charge on any atom is -0.298 e. The molecule has 7 heteroatoms. The van der Waals surface area contributed by atoms with Crippen LogP contribution in [0.2, 0.25) is 0 Å². The van der Waals surface area contributed by atoms with Crippen LogP contribution in [0.3, 0.4) is 0 Å². The van der Waals surface area contributed by atoms with Crippen molar-refractivity contribution >= 4 is 10.0 Å². The molecule has 1 saturated heterocycles. The number of hydrogen-bond acceptors (Lipinski definition) is 5. The lowest BCUT2D eigenvalue weighted by atomic mass is 10.1. The first-order chi connectivity index (χ1) is 11.9. The fourth-order valence-electron chi connectivity index (χ4n) is 3.06. The van der Waals surface area contributed by atoms with Gasteiger partial charge in [-0.05, 0) is 26.0 Å². The van der Waals surface area contributed by atoms with Gasteiger partial charge in [-0.15, -0.1) is 0 Å². The van der Waals surface area contributed by atoms with Gasteiger partial charge in [0.15, 0.2) is 5.82 Å². The van der Waals surface area contributed by atoms with Gasteiger partial charge in [-0.25, -0.2) is 22.7 Å². The molecule has 0 spiro atoms. The minimum atomic E-state index is -3.10. The summed E-state index contributed by atoms with van der Waals surface area (Å²) in [7, 11) is -3.10. The highest BCUT2D eigenvalue weighted by Crippen LogP contribution is 2.16. The number of sulfonamides is 1. The number of rotatable bonds is 4.